The van der Waals surface area contributed by atoms with Gasteiger partial charge < -0.3 is 9.15 Å². The second-order valence-electron chi connectivity index (χ2n) is 8.54. The Morgan fingerprint density at radius 1 is 1.03 bits per heavy atom. The Hall–Kier alpha value is -1.80. The van der Waals surface area contributed by atoms with E-state index in [1.165, 1.54) is 36.9 Å². The minimum Gasteiger partial charge on any atom is -0.486 e. The summed E-state index contributed by atoms with van der Waals surface area (Å²) in [4.78, 5) is 14.8. The van der Waals surface area contributed by atoms with Gasteiger partial charge in [-0.05, 0) is 36.3 Å². The second-order valence-corrected chi connectivity index (χ2v) is 9.73. The van der Waals surface area contributed by atoms with E-state index in [0.29, 0.717) is 30.6 Å². The molecular formula is C23H29N3O3S. The Morgan fingerprint density at radius 3 is 2.37 bits per heavy atom. The molecule has 7 heteroatoms. The minimum atomic E-state index is -0.0845. The molecule has 0 spiro atoms. The molecule has 1 aromatic carbocycles. The molecule has 0 aliphatic carbocycles. The van der Waals surface area contributed by atoms with Gasteiger partial charge in [-0.2, -0.15) is 0 Å². The number of hydrogen-bond acceptors (Lipinski definition) is 7. The van der Waals surface area contributed by atoms with E-state index in [0.717, 1.165) is 39.0 Å². The smallest absolute Gasteiger partial charge is 0.227 e. The average molecular weight is 428 g/mol. The van der Waals surface area contributed by atoms with Crippen molar-refractivity contribution in [1.82, 2.24) is 13.5 Å². The number of ether oxygens (including phenoxy) is 1. The van der Waals surface area contributed by atoms with Crippen LogP contribution in [0.1, 0.15) is 36.1 Å². The summed E-state index contributed by atoms with van der Waals surface area (Å²) in [6.07, 6.45) is 5.04. The molecular weight excluding hydrogens is 398 g/mol. The lowest BCUT2D eigenvalue weighted by Gasteiger charge is -2.37. The SMILES string of the molecule is O=c1cc(CN2Cc3ccccc3C2)occ1OCC1CCN(SN2CCC2)CC1. The first kappa shape index (κ1) is 20.1. The number of benzene rings is 1. The third-order valence-electron chi connectivity index (χ3n) is 6.23. The van der Waals surface area contributed by atoms with Crippen molar-refractivity contribution >= 4 is 12.1 Å². The van der Waals surface area contributed by atoms with Crippen LogP contribution in [0, 0.1) is 5.92 Å². The van der Waals surface area contributed by atoms with Gasteiger partial charge in [0.2, 0.25) is 11.2 Å². The summed E-state index contributed by atoms with van der Waals surface area (Å²) in [7, 11) is 0. The molecule has 0 unspecified atom stereocenters. The molecule has 6 nitrogen and oxygen atoms in total. The fraction of sp³-hybridized carbons (Fsp3) is 0.522. The van der Waals surface area contributed by atoms with E-state index in [-0.39, 0.29) is 5.43 Å². The second kappa shape index (κ2) is 9.14. The fourth-order valence-corrected chi connectivity index (χ4v) is 5.38. The van der Waals surface area contributed by atoms with Gasteiger partial charge in [-0.3, -0.25) is 9.69 Å². The van der Waals surface area contributed by atoms with Crippen molar-refractivity contribution in [2.24, 2.45) is 5.92 Å². The van der Waals surface area contributed by atoms with Gasteiger partial charge in [0, 0.05) is 57.5 Å². The van der Waals surface area contributed by atoms with Crippen LogP contribution in [0.2, 0.25) is 0 Å². The van der Waals surface area contributed by atoms with E-state index in [9.17, 15) is 4.79 Å². The summed E-state index contributed by atoms with van der Waals surface area (Å²) in [5.74, 6) is 1.53. The highest BCUT2D eigenvalue weighted by molar-refractivity contribution is 7.94. The van der Waals surface area contributed by atoms with Crippen molar-refractivity contribution in [3.05, 3.63) is 63.7 Å². The summed E-state index contributed by atoms with van der Waals surface area (Å²) >= 11 is 1.89. The van der Waals surface area contributed by atoms with E-state index in [4.69, 9.17) is 9.15 Å². The van der Waals surface area contributed by atoms with Crippen LogP contribution in [-0.2, 0) is 19.6 Å². The number of nitrogens with zero attached hydrogens (tertiary/aromatic N) is 3. The number of rotatable bonds is 7. The lowest BCUT2D eigenvalue weighted by Crippen LogP contribution is -2.39. The van der Waals surface area contributed by atoms with Crippen molar-refractivity contribution in [1.29, 1.82) is 0 Å². The summed E-state index contributed by atoms with van der Waals surface area (Å²) in [6.45, 7) is 7.61. The van der Waals surface area contributed by atoms with Gasteiger partial charge in [0.1, 0.15) is 12.0 Å². The third kappa shape index (κ3) is 4.75. The van der Waals surface area contributed by atoms with Crippen LogP contribution in [0.15, 0.2) is 45.8 Å². The van der Waals surface area contributed by atoms with Gasteiger partial charge in [0.05, 0.1) is 13.2 Å². The molecule has 0 atom stereocenters. The maximum atomic E-state index is 12.5. The molecule has 5 rings (SSSR count). The molecule has 3 aliphatic heterocycles. The first-order chi connectivity index (χ1) is 14.7. The van der Waals surface area contributed by atoms with Crippen molar-refractivity contribution in [3.8, 4) is 5.75 Å². The molecule has 160 valence electrons. The van der Waals surface area contributed by atoms with Crippen molar-refractivity contribution in [2.75, 3.05) is 32.8 Å². The van der Waals surface area contributed by atoms with Crippen molar-refractivity contribution < 1.29 is 9.15 Å². The molecule has 4 heterocycles. The molecule has 0 radical (unpaired) electrons. The van der Waals surface area contributed by atoms with E-state index >= 15 is 0 Å². The predicted octanol–water partition coefficient (Wildman–Crippen LogP) is 3.52. The molecule has 3 aliphatic rings. The van der Waals surface area contributed by atoms with E-state index in [1.807, 2.05) is 12.1 Å². The lowest BCUT2D eigenvalue weighted by atomic mass is 9.99. The largest absolute Gasteiger partial charge is 0.486 e. The highest BCUT2D eigenvalue weighted by Crippen LogP contribution is 2.28. The average Bonchev–Trinajstić information content (AvgIpc) is 3.13. The Balaban J connectivity index is 1.09. The molecule has 2 fully saturated rings. The summed E-state index contributed by atoms with van der Waals surface area (Å²) < 4.78 is 16.5. The summed E-state index contributed by atoms with van der Waals surface area (Å²) in [6, 6.07) is 10.1. The molecule has 1 aromatic heterocycles. The van der Waals surface area contributed by atoms with E-state index in [1.54, 1.807) is 6.07 Å². The number of fused-ring (bicyclic) bond motifs is 1. The van der Waals surface area contributed by atoms with Gasteiger partial charge >= 0.3 is 0 Å². The molecule has 0 amide bonds. The molecule has 2 saturated heterocycles. The Labute approximate surface area is 182 Å². The van der Waals surface area contributed by atoms with Gasteiger partial charge in [0.15, 0.2) is 0 Å². The zero-order valence-electron chi connectivity index (χ0n) is 17.3. The minimum absolute atomic E-state index is 0.0845. The molecule has 0 saturated carbocycles. The topological polar surface area (TPSA) is 49.2 Å². The highest BCUT2D eigenvalue weighted by atomic mass is 32.2. The lowest BCUT2D eigenvalue weighted by molar-refractivity contribution is 0.181. The molecule has 0 N–H and O–H groups in total. The Bertz CT molecular complexity index is 897. The maximum Gasteiger partial charge on any atom is 0.227 e. The van der Waals surface area contributed by atoms with Gasteiger partial charge in [-0.1, -0.05) is 24.3 Å². The zero-order valence-corrected chi connectivity index (χ0v) is 18.1. The molecule has 30 heavy (non-hydrogen) atoms. The summed E-state index contributed by atoms with van der Waals surface area (Å²) in [5.41, 5.74) is 2.63. The van der Waals surface area contributed by atoms with Gasteiger partial charge in [0.25, 0.3) is 0 Å². The number of piperidine rings is 1. The fourth-order valence-electron chi connectivity index (χ4n) is 4.26. The molecule has 0 bridgehead atoms. The van der Waals surface area contributed by atoms with Crippen LogP contribution in [0.25, 0.3) is 0 Å². The first-order valence-electron chi connectivity index (χ1n) is 10.9. The van der Waals surface area contributed by atoms with Crippen molar-refractivity contribution in [2.45, 2.75) is 38.9 Å². The number of hydrogen-bond donors (Lipinski definition) is 0. The summed E-state index contributed by atoms with van der Waals surface area (Å²) in [5, 5.41) is 0. The Kier molecular flexibility index (Phi) is 6.13. The highest BCUT2D eigenvalue weighted by Gasteiger charge is 2.25. The van der Waals surface area contributed by atoms with Gasteiger partial charge in [-0.25, -0.2) is 8.61 Å². The first-order valence-corrected chi connectivity index (χ1v) is 11.7. The van der Waals surface area contributed by atoms with Crippen LogP contribution in [-0.4, -0.2) is 46.3 Å². The maximum absolute atomic E-state index is 12.5. The standard InChI is InChI=1S/C23H29N3O3S/c27-22-12-21(15-24-13-19-4-1-2-5-20(19)14-24)28-17-23(22)29-16-18-6-10-26(11-7-18)30-25-8-3-9-25/h1-2,4-5,12,17-18H,3,6-11,13-16H2. The van der Waals surface area contributed by atoms with Gasteiger partial charge in [-0.15, -0.1) is 0 Å². The quantitative estimate of drug-likeness (QED) is 0.627. The monoisotopic (exact) mass is 427 g/mol. The normalized spacial score (nSPS) is 20.8. The van der Waals surface area contributed by atoms with E-state index in [2.05, 4.69) is 37.8 Å². The third-order valence-corrected chi connectivity index (χ3v) is 7.42. The predicted molar refractivity (Wildman–Crippen MR) is 118 cm³/mol. The van der Waals surface area contributed by atoms with Crippen molar-refractivity contribution in [3.63, 3.8) is 0 Å². The van der Waals surface area contributed by atoms with Crippen LogP contribution >= 0.6 is 12.1 Å². The van der Waals surface area contributed by atoms with Crippen LogP contribution < -0.4 is 10.2 Å². The van der Waals surface area contributed by atoms with Crippen LogP contribution in [0.4, 0.5) is 0 Å². The van der Waals surface area contributed by atoms with Crippen LogP contribution in [0.5, 0.6) is 5.75 Å². The Morgan fingerprint density at radius 2 is 1.73 bits per heavy atom. The van der Waals surface area contributed by atoms with Crippen LogP contribution in [0.3, 0.4) is 0 Å². The van der Waals surface area contributed by atoms with E-state index < -0.39 is 0 Å². The molecule has 2 aromatic rings. The zero-order chi connectivity index (χ0) is 20.3.